The fraction of sp³-hybridized carbons (Fsp3) is 0.208. The molecule has 10 nitrogen and oxygen atoms in total. The number of benzene rings is 2. The lowest BCUT2D eigenvalue weighted by molar-refractivity contribution is -0.137. The number of fused-ring (bicyclic) bond motifs is 1. The zero-order chi connectivity index (χ0) is 26.7. The van der Waals surface area contributed by atoms with Crippen molar-refractivity contribution in [3.8, 4) is 0 Å². The second kappa shape index (κ2) is 10.1. The van der Waals surface area contributed by atoms with Crippen LogP contribution in [-0.2, 0) is 20.5 Å². The Kier molecular flexibility index (Phi) is 6.96. The first-order chi connectivity index (χ1) is 17.5. The molecule has 13 heteroatoms. The van der Waals surface area contributed by atoms with E-state index in [9.17, 15) is 32.3 Å². The second-order valence-corrected chi connectivity index (χ2v) is 7.97. The molecule has 0 bridgehead atoms. The Hall–Kier alpha value is -4.68. The summed E-state index contributed by atoms with van der Waals surface area (Å²) in [6, 6.07) is 10.1. The standard InChI is InChI=1S/C24H20F3N5O5/c1-2-37-22(36)12-6-8-14(9-7-12)28-20(34)16-11-17(33)30-19-18(16)21(35)32-23(31-19)29-15-5-3-4-13(10-15)24(25,26)27/h3-10,16H,2,11H2,1H3,(H,28,34)(H3,29,30,31,32,33,35). The fourth-order valence-corrected chi connectivity index (χ4v) is 3.70. The van der Waals surface area contributed by atoms with Crippen LogP contribution < -0.4 is 21.5 Å². The average molecular weight is 515 g/mol. The van der Waals surface area contributed by atoms with Gasteiger partial charge in [0.15, 0.2) is 0 Å². The monoisotopic (exact) mass is 515 g/mol. The third kappa shape index (κ3) is 5.77. The molecular weight excluding hydrogens is 495 g/mol. The molecule has 192 valence electrons. The third-order valence-electron chi connectivity index (χ3n) is 5.38. The van der Waals surface area contributed by atoms with Crippen LogP contribution in [-0.4, -0.2) is 34.4 Å². The van der Waals surface area contributed by atoms with E-state index in [1.807, 2.05) is 0 Å². The van der Waals surface area contributed by atoms with Gasteiger partial charge in [-0.15, -0.1) is 0 Å². The molecule has 4 N–H and O–H groups in total. The van der Waals surface area contributed by atoms with Gasteiger partial charge in [0.05, 0.1) is 29.2 Å². The number of amides is 2. The summed E-state index contributed by atoms with van der Waals surface area (Å²) in [5.41, 5.74) is -1.16. The van der Waals surface area contributed by atoms with Gasteiger partial charge in [0, 0.05) is 17.8 Å². The average Bonchev–Trinajstić information content (AvgIpc) is 2.83. The molecule has 2 amide bonds. The zero-order valence-corrected chi connectivity index (χ0v) is 19.2. The number of H-pyrrole nitrogens is 1. The second-order valence-electron chi connectivity index (χ2n) is 7.97. The van der Waals surface area contributed by atoms with Crippen molar-refractivity contribution in [3.63, 3.8) is 0 Å². The van der Waals surface area contributed by atoms with Crippen molar-refractivity contribution in [2.45, 2.75) is 25.4 Å². The van der Waals surface area contributed by atoms with Crippen molar-refractivity contribution in [3.05, 3.63) is 75.6 Å². The minimum Gasteiger partial charge on any atom is -0.462 e. The summed E-state index contributed by atoms with van der Waals surface area (Å²) in [7, 11) is 0. The van der Waals surface area contributed by atoms with Crippen molar-refractivity contribution in [2.24, 2.45) is 0 Å². The molecular formula is C24H20F3N5O5. The number of hydrogen-bond acceptors (Lipinski definition) is 7. The number of alkyl halides is 3. The minimum absolute atomic E-state index is 0.000573. The molecule has 0 fully saturated rings. The topological polar surface area (TPSA) is 142 Å². The van der Waals surface area contributed by atoms with Crippen molar-refractivity contribution in [2.75, 3.05) is 22.6 Å². The van der Waals surface area contributed by atoms with E-state index in [0.29, 0.717) is 5.69 Å². The quantitative estimate of drug-likeness (QED) is 0.366. The van der Waals surface area contributed by atoms with Crippen LogP contribution in [0.2, 0.25) is 0 Å². The third-order valence-corrected chi connectivity index (χ3v) is 5.38. The molecule has 0 saturated heterocycles. The molecule has 1 aliphatic heterocycles. The Balaban J connectivity index is 1.56. The van der Waals surface area contributed by atoms with Crippen LogP contribution in [0.25, 0.3) is 0 Å². The van der Waals surface area contributed by atoms with Gasteiger partial charge in [-0.2, -0.15) is 18.2 Å². The van der Waals surface area contributed by atoms with Crippen molar-refractivity contribution in [1.29, 1.82) is 0 Å². The first-order valence-electron chi connectivity index (χ1n) is 11.0. The van der Waals surface area contributed by atoms with Crippen LogP contribution in [0.15, 0.2) is 53.3 Å². The Bertz CT molecular complexity index is 1420. The highest BCUT2D eigenvalue weighted by molar-refractivity contribution is 6.04. The molecule has 1 aliphatic rings. The number of aromatic amines is 1. The van der Waals surface area contributed by atoms with Gasteiger partial charge < -0.3 is 20.7 Å². The van der Waals surface area contributed by atoms with E-state index in [1.54, 1.807) is 6.92 Å². The number of carbonyl (C=O) groups excluding carboxylic acids is 3. The summed E-state index contributed by atoms with van der Waals surface area (Å²) in [6.07, 6.45) is -4.90. The molecule has 3 aromatic rings. The predicted molar refractivity (Wildman–Crippen MR) is 127 cm³/mol. The van der Waals surface area contributed by atoms with Crippen molar-refractivity contribution in [1.82, 2.24) is 9.97 Å². The molecule has 4 rings (SSSR count). The van der Waals surface area contributed by atoms with Gasteiger partial charge in [-0.3, -0.25) is 19.4 Å². The normalized spacial score (nSPS) is 14.8. The number of nitrogens with zero attached hydrogens (tertiary/aromatic N) is 1. The van der Waals surface area contributed by atoms with Gasteiger partial charge in [-0.25, -0.2) is 4.79 Å². The van der Waals surface area contributed by atoms with Crippen LogP contribution >= 0.6 is 0 Å². The summed E-state index contributed by atoms with van der Waals surface area (Å²) in [5, 5.41) is 7.59. The first kappa shape index (κ1) is 25.4. The number of esters is 1. The molecule has 1 aromatic heterocycles. The van der Waals surface area contributed by atoms with Crippen LogP contribution in [0.5, 0.6) is 0 Å². The molecule has 0 spiro atoms. The summed E-state index contributed by atoms with van der Waals surface area (Å²) in [5.74, 6) is -3.36. The Labute approximate surface area is 207 Å². The van der Waals surface area contributed by atoms with E-state index in [1.165, 1.54) is 36.4 Å². The van der Waals surface area contributed by atoms with Gasteiger partial charge in [-0.05, 0) is 49.4 Å². The molecule has 0 radical (unpaired) electrons. The number of ether oxygens (including phenoxy) is 1. The van der Waals surface area contributed by atoms with Crippen molar-refractivity contribution >= 4 is 40.9 Å². The lowest BCUT2D eigenvalue weighted by atomic mass is 9.92. The maximum absolute atomic E-state index is 13.0. The number of hydrogen-bond donors (Lipinski definition) is 4. The molecule has 2 aromatic carbocycles. The van der Waals surface area contributed by atoms with Crippen molar-refractivity contribution < 1.29 is 32.3 Å². The lowest BCUT2D eigenvalue weighted by Gasteiger charge is -2.23. The van der Waals surface area contributed by atoms with Gasteiger partial charge in [0.25, 0.3) is 5.56 Å². The number of aromatic nitrogens is 2. The van der Waals surface area contributed by atoms with E-state index < -0.39 is 41.0 Å². The molecule has 0 saturated carbocycles. The summed E-state index contributed by atoms with van der Waals surface area (Å²) in [4.78, 5) is 56.4. The predicted octanol–water partition coefficient (Wildman–Crippen LogP) is 3.77. The number of rotatable bonds is 6. The molecule has 0 aliphatic carbocycles. The Morgan fingerprint density at radius 1 is 1.11 bits per heavy atom. The van der Waals surface area contributed by atoms with Crippen LogP contribution in [0.1, 0.15) is 40.7 Å². The van der Waals surface area contributed by atoms with E-state index in [4.69, 9.17) is 4.74 Å². The lowest BCUT2D eigenvalue weighted by Crippen LogP contribution is -2.36. The van der Waals surface area contributed by atoms with Crippen LogP contribution in [0.4, 0.5) is 36.3 Å². The van der Waals surface area contributed by atoms with Gasteiger partial charge in [0.1, 0.15) is 5.82 Å². The highest BCUT2D eigenvalue weighted by atomic mass is 19.4. The van der Waals surface area contributed by atoms with E-state index in [-0.39, 0.29) is 41.6 Å². The zero-order valence-electron chi connectivity index (χ0n) is 19.2. The molecule has 1 atom stereocenters. The van der Waals surface area contributed by atoms with E-state index >= 15 is 0 Å². The number of halogens is 3. The minimum atomic E-state index is -4.57. The molecule has 2 heterocycles. The van der Waals surface area contributed by atoms with Crippen LogP contribution in [0, 0.1) is 0 Å². The number of anilines is 4. The van der Waals surface area contributed by atoms with Gasteiger partial charge in [-0.1, -0.05) is 6.07 Å². The SMILES string of the molecule is CCOC(=O)c1ccc(NC(=O)C2CC(=O)Nc3nc(Nc4cccc(C(F)(F)F)c4)[nH]c(=O)c32)cc1. The van der Waals surface area contributed by atoms with Crippen LogP contribution in [0.3, 0.4) is 0 Å². The largest absolute Gasteiger partial charge is 0.462 e. The number of nitrogens with one attached hydrogen (secondary N) is 4. The highest BCUT2D eigenvalue weighted by Crippen LogP contribution is 2.32. The Morgan fingerprint density at radius 2 is 1.84 bits per heavy atom. The van der Waals surface area contributed by atoms with E-state index in [2.05, 4.69) is 25.9 Å². The molecule has 1 unspecified atom stereocenters. The number of carbonyl (C=O) groups is 3. The molecule has 37 heavy (non-hydrogen) atoms. The van der Waals surface area contributed by atoms with Gasteiger partial charge >= 0.3 is 12.1 Å². The summed E-state index contributed by atoms with van der Waals surface area (Å²) >= 11 is 0. The first-order valence-corrected chi connectivity index (χ1v) is 11.0. The maximum Gasteiger partial charge on any atom is 0.416 e. The highest BCUT2D eigenvalue weighted by Gasteiger charge is 2.35. The van der Waals surface area contributed by atoms with E-state index in [0.717, 1.165) is 12.1 Å². The fourth-order valence-electron chi connectivity index (χ4n) is 3.70. The maximum atomic E-state index is 13.0. The Morgan fingerprint density at radius 3 is 2.51 bits per heavy atom. The smallest absolute Gasteiger partial charge is 0.416 e. The summed E-state index contributed by atoms with van der Waals surface area (Å²) in [6.45, 7) is 1.88. The van der Waals surface area contributed by atoms with Gasteiger partial charge in [0.2, 0.25) is 17.8 Å². The summed E-state index contributed by atoms with van der Waals surface area (Å²) < 4.78 is 43.9.